The normalized spacial score (nSPS) is 21.7. The highest BCUT2D eigenvalue weighted by atomic mass is 16.1. The molecule has 0 heterocycles. The zero-order valence-corrected chi connectivity index (χ0v) is 13.2. The van der Waals surface area contributed by atoms with Gasteiger partial charge in [-0.1, -0.05) is 39.5 Å². The van der Waals surface area contributed by atoms with Crippen molar-refractivity contribution in [2.45, 2.75) is 83.7 Å². The number of carbonyl (C=O) groups excluding carboxylic acids is 1. The third-order valence-corrected chi connectivity index (χ3v) is 4.70. The maximum absolute atomic E-state index is 12.2. The Balaban J connectivity index is 2.40. The highest BCUT2D eigenvalue weighted by molar-refractivity contribution is 5.77. The smallest absolute Gasteiger partial charge is 0.222 e. The van der Waals surface area contributed by atoms with Gasteiger partial charge < -0.3 is 10.6 Å². The Morgan fingerprint density at radius 2 is 1.84 bits per heavy atom. The summed E-state index contributed by atoms with van der Waals surface area (Å²) in [5, 5.41) is 6.59. The zero-order valence-electron chi connectivity index (χ0n) is 13.2. The predicted molar refractivity (Wildman–Crippen MR) is 81.2 cm³/mol. The maximum Gasteiger partial charge on any atom is 0.222 e. The number of carbonyl (C=O) groups is 1. The van der Waals surface area contributed by atoms with Crippen LogP contribution in [0.2, 0.25) is 0 Å². The van der Waals surface area contributed by atoms with E-state index < -0.39 is 0 Å². The van der Waals surface area contributed by atoms with E-state index in [4.69, 9.17) is 0 Å². The number of hydrogen-bond donors (Lipinski definition) is 2. The van der Waals surface area contributed by atoms with Crippen molar-refractivity contribution in [1.82, 2.24) is 10.6 Å². The minimum absolute atomic E-state index is 0.0540. The number of amides is 1. The van der Waals surface area contributed by atoms with Crippen molar-refractivity contribution in [2.24, 2.45) is 5.92 Å². The molecule has 0 aliphatic heterocycles. The average molecular weight is 268 g/mol. The summed E-state index contributed by atoms with van der Waals surface area (Å²) in [4.78, 5) is 12.2. The van der Waals surface area contributed by atoms with Crippen molar-refractivity contribution >= 4 is 5.91 Å². The molecule has 1 rings (SSSR count). The fourth-order valence-electron chi connectivity index (χ4n) is 3.21. The monoisotopic (exact) mass is 268 g/mol. The molecule has 3 nitrogen and oxygen atoms in total. The van der Waals surface area contributed by atoms with Gasteiger partial charge in [0, 0.05) is 18.0 Å². The summed E-state index contributed by atoms with van der Waals surface area (Å²) < 4.78 is 0. The van der Waals surface area contributed by atoms with Gasteiger partial charge in [0.25, 0.3) is 0 Å². The summed E-state index contributed by atoms with van der Waals surface area (Å²) in [6, 6.07) is 0.292. The van der Waals surface area contributed by atoms with Crippen molar-refractivity contribution < 1.29 is 4.79 Å². The lowest BCUT2D eigenvalue weighted by atomic mass is 9.79. The van der Waals surface area contributed by atoms with Gasteiger partial charge in [0.05, 0.1) is 0 Å². The predicted octanol–water partition coefficient (Wildman–Crippen LogP) is 3.24. The summed E-state index contributed by atoms with van der Waals surface area (Å²) in [7, 11) is 2.00. The van der Waals surface area contributed by atoms with Crippen LogP contribution in [-0.2, 0) is 4.79 Å². The highest BCUT2D eigenvalue weighted by Crippen LogP contribution is 2.30. The summed E-state index contributed by atoms with van der Waals surface area (Å²) in [5.41, 5.74) is 0.0540. The van der Waals surface area contributed by atoms with E-state index in [0.29, 0.717) is 18.4 Å². The molecular formula is C16H32N2O. The number of rotatable bonds is 7. The second-order valence-corrected chi connectivity index (χ2v) is 6.49. The van der Waals surface area contributed by atoms with Gasteiger partial charge in [-0.3, -0.25) is 4.79 Å². The van der Waals surface area contributed by atoms with Gasteiger partial charge in [-0.05, 0) is 39.2 Å². The van der Waals surface area contributed by atoms with E-state index in [9.17, 15) is 4.79 Å². The van der Waals surface area contributed by atoms with Gasteiger partial charge in [0.15, 0.2) is 0 Å². The molecule has 1 aliphatic rings. The van der Waals surface area contributed by atoms with Crippen LogP contribution in [-0.4, -0.2) is 24.5 Å². The lowest BCUT2D eigenvalue weighted by Gasteiger charge is -2.37. The van der Waals surface area contributed by atoms with Gasteiger partial charge in [-0.25, -0.2) is 0 Å². The fourth-order valence-corrected chi connectivity index (χ4v) is 3.21. The Hall–Kier alpha value is -0.570. The molecule has 3 heteroatoms. The standard InChI is InChI=1S/C16H32N2O/c1-5-13(2)11-14(3)18-15(19)12-16(17-4)9-7-6-8-10-16/h13-14,17H,5-12H2,1-4H3,(H,18,19). The first kappa shape index (κ1) is 16.5. The second-order valence-electron chi connectivity index (χ2n) is 6.49. The summed E-state index contributed by atoms with van der Waals surface area (Å²) in [6.45, 7) is 6.58. The first-order valence-electron chi connectivity index (χ1n) is 7.99. The lowest BCUT2D eigenvalue weighted by Crippen LogP contribution is -2.49. The molecule has 0 bridgehead atoms. The molecule has 0 spiro atoms. The summed E-state index contributed by atoms with van der Waals surface area (Å²) in [5.74, 6) is 0.898. The molecule has 2 atom stereocenters. The minimum atomic E-state index is 0.0540. The van der Waals surface area contributed by atoms with Crippen LogP contribution in [0.1, 0.15) is 72.1 Å². The van der Waals surface area contributed by atoms with Crippen molar-refractivity contribution in [3.8, 4) is 0 Å². The summed E-state index contributed by atoms with van der Waals surface area (Å²) >= 11 is 0. The van der Waals surface area contributed by atoms with Crippen molar-refractivity contribution in [3.63, 3.8) is 0 Å². The van der Waals surface area contributed by atoms with Crippen molar-refractivity contribution in [2.75, 3.05) is 7.05 Å². The molecule has 112 valence electrons. The van der Waals surface area contributed by atoms with E-state index in [-0.39, 0.29) is 11.4 Å². The molecule has 0 aromatic carbocycles. The largest absolute Gasteiger partial charge is 0.354 e. The lowest BCUT2D eigenvalue weighted by molar-refractivity contribution is -0.123. The molecule has 0 saturated heterocycles. The van der Waals surface area contributed by atoms with Crippen LogP contribution in [0.25, 0.3) is 0 Å². The van der Waals surface area contributed by atoms with Gasteiger partial charge in [-0.2, -0.15) is 0 Å². The first-order chi connectivity index (χ1) is 9.01. The Morgan fingerprint density at radius 3 is 2.37 bits per heavy atom. The van der Waals surface area contributed by atoms with Gasteiger partial charge in [0.1, 0.15) is 0 Å². The third kappa shape index (κ3) is 5.52. The molecule has 1 saturated carbocycles. The summed E-state index contributed by atoms with van der Waals surface area (Å²) in [6.07, 6.45) is 8.97. The van der Waals surface area contributed by atoms with Crippen LogP contribution in [0.3, 0.4) is 0 Å². The Kier molecular flexibility index (Phi) is 6.84. The molecule has 19 heavy (non-hydrogen) atoms. The second kappa shape index (κ2) is 7.88. The van der Waals surface area contributed by atoms with Gasteiger partial charge in [-0.15, -0.1) is 0 Å². The molecule has 0 aromatic rings. The molecule has 1 aliphatic carbocycles. The quantitative estimate of drug-likeness (QED) is 0.744. The molecule has 0 radical (unpaired) electrons. The third-order valence-electron chi connectivity index (χ3n) is 4.70. The average Bonchev–Trinajstić information content (AvgIpc) is 2.39. The molecular weight excluding hydrogens is 236 g/mol. The van der Waals surface area contributed by atoms with E-state index in [2.05, 4.69) is 31.4 Å². The van der Waals surface area contributed by atoms with E-state index >= 15 is 0 Å². The van der Waals surface area contributed by atoms with Crippen LogP contribution in [0.15, 0.2) is 0 Å². The molecule has 0 aromatic heterocycles. The highest BCUT2D eigenvalue weighted by Gasteiger charge is 2.32. The van der Waals surface area contributed by atoms with Crippen LogP contribution >= 0.6 is 0 Å². The molecule has 1 amide bonds. The number of hydrogen-bond acceptors (Lipinski definition) is 2. The maximum atomic E-state index is 12.2. The van der Waals surface area contributed by atoms with Crippen molar-refractivity contribution in [3.05, 3.63) is 0 Å². The Morgan fingerprint density at radius 1 is 1.21 bits per heavy atom. The van der Waals surface area contributed by atoms with E-state index in [1.807, 2.05) is 7.05 Å². The van der Waals surface area contributed by atoms with Crippen LogP contribution < -0.4 is 10.6 Å². The van der Waals surface area contributed by atoms with E-state index in [1.165, 1.54) is 25.7 Å². The minimum Gasteiger partial charge on any atom is -0.354 e. The van der Waals surface area contributed by atoms with Crippen molar-refractivity contribution in [1.29, 1.82) is 0 Å². The fraction of sp³-hybridized carbons (Fsp3) is 0.938. The first-order valence-corrected chi connectivity index (χ1v) is 7.99. The van der Waals surface area contributed by atoms with Crippen LogP contribution in [0.5, 0.6) is 0 Å². The zero-order chi connectivity index (χ0) is 14.3. The molecule has 1 fully saturated rings. The SMILES string of the molecule is CCC(C)CC(C)NC(=O)CC1(NC)CCCCC1. The van der Waals surface area contributed by atoms with Crippen LogP contribution in [0, 0.1) is 5.92 Å². The van der Waals surface area contributed by atoms with E-state index in [1.54, 1.807) is 0 Å². The Bertz CT molecular complexity index is 272. The van der Waals surface area contributed by atoms with E-state index in [0.717, 1.165) is 19.3 Å². The molecule has 2 N–H and O–H groups in total. The van der Waals surface area contributed by atoms with Gasteiger partial charge in [0.2, 0.25) is 5.91 Å². The van der Waals surface area contributed by atoms with Gasteiger partial charge >= 0.3 is 0 Å². The molecule has 2 unspecified atom stereocenters. The number of nitrogens with one attached hydrogen (secondary N) is 2. The topological polar surface area (TPSA) is 41.1 Å². The van der Waals surface area contributed by atoms with Crippen LogP contribution in [0.4, 0.5) is 0 Å². The Labute approximate surface area is 118 Å².